The minimum atomic E-state index is -0.646. The van der Waals surface area contributed by atoms with Crippen LogP contribution in [0.15, 0.2) is 48.8 Å². The van der Waals surface area contributed by atoms with Crippen LogP contribution in [0.3, 0.4) is 0 Å². The van der Waals surface area contributed by atoms with Gasteiger partial charge in [0.25, 0.3) is 0 Å². The Hall–Kier alpha value is -4.03. The average molecular weight is 446 g/mol. The zero-order chi connectivity index (χ0) is 22.9. The Balaban J connectivity index is 1.73. The first-order valence-corrected chi connectivity index (χ1v) is 10.5. The Labute approximate surface area is 188 Å². The summed E-state index contributed by atoms with van der Waals surface area (Å²) in [6.07, 6.45) is 4.33. The van der Waals surface area contributed by atoms with E-state index in [1.54, 1.807) is 24.5 Å². The molecule has 5 rings (SSSR count). The van der Waals surface area contributed by atoms with Crippen molar-refractivity contribution in [1.29, 1.82) is 5.26 Å². The van der Waals surface area contributed by atoms with E-state index in [4.69, 9.17) is 15.0 Å². The molecule has 1 saturated heterocycles. The van der Waals surface area contributed by atoms with Crippen molar-refractivity contribution in [2.24, 2.45) is 0 Å². The fourth-order valence-electron chi connectivity index (χ4n) is 4.09. The molecule has 0 amide bonds. The molecule has 1 fully saturated rings. The van der Waals surface area contributed by atoms with E-state index in [0.29, 0.717) is 34.0 Å². The number of hydrogen-bond acceptors (Lipinski definition) is 6. The van der Waals surface area contributed by atoms with Crippen LogP contribution in [0.4, 0.5) is 14.6 Å². The summed E-state index contributed by atoms with van der Waals surface area (Å²) in [6.45, 7) is 1.73. The zero-order valence-electron chi connectivity index (χ0n) is 17.8. The van der Waals surface area contributed by atoms with Gasteiger partial charge in [-0.3, -0.25) is 4.40 Å². The Morgan fingerprint density at radius 1 is 1.18 bits per heavy atom. The van der Waals surface area contributed by atoms with E-state index in [0.717, 1.165) is 19.5 Å². The lowest BCUT2D eigenvalue weighted by Gasteiger charge is -2.13. The molecule has 0 radical (unpaired) electrons. The molecular formula is C24H20F2N6O. The number of halogens is 2. The molecule has 1 atom stereocenters. The highest BCUT2D eigenvalue weighted by Crippen LogP contribution is 2.36. The maximum Gasteiger partial charge on any atom is 0.181 e. The average Bonchev–Trinajstić information content (AvgIpc) is 3.47. The first-order valence-electron chi connectivity index (χ1n) is 10.5. The predicted molar refractivity (Wildman–Crippen MR) is 120 cm³/mol. The summed E-state index contributed by atoms with van der Waals surface area (Å²) in [4.78, 5) is 9.25. The molecule has 9 heteroatoms. The van der Waals surface area contributed by atoms with Crippen LogP contribution in [0, 0.1) is 23.0 Å². The van der Waals surface area contributed by atoms with Crippen LogP contribution in [0.1, 0.15) is 12.0 Å². The molecule has 33 heavy (non-hydrogen) atoms. The second-order valence-electron chi connectivity index (χ2n) is 7.77. The molecule has 3 heterocycles. The molecule has 0 aliphatic carbocycles. The van der Waals surface area contributed by atoms with Crippen molar-refractivity contribution in [3.63, 3.8) is 0 Å². The van der Waals surface area contributed by atoms with E-state index >= 15 is 0 Å². The van der Waals surface area contributed by atoms with Crippen LogP contribution >= 0.6 is 0 Å². The molecule has 1 unspecified atom stereocenters. The summed E-state index contributed by atoms with van der Waals surface area (Å²) in [6, 6.07) is 11.0. The Bertz CT molecular complexity index is 1390. The summed E-state index contributed by atoms with van der Waals surface area (Å²) in [5.74, 6) is -0.461. The van der Waals surface area contributed by atoms with Gasteiger partial charge >= 0.3 is 0 Å². The standard InChI is InChI=1S/C24H20F2N6O/c1-33-20-5-4-15(11-19(20)26)22-21(14-2-3-16(12-27)18(25)10-14)31-24-23(29-8-9-32(22)24)30-17-6-7-28-13-17/h2-5,8-11,17,28H,6-7,13H2,1H3,(H,29,30). The van der Waals surface area contributed by atoms with E-state index < -0.39 is 11.6 Å². The van der Waals surface area contributed by atoms with Crippen molar-refractivity contribution >= 4 is 11.5 Å². The molecular weight excluding hydrogens is 426 g/mol. The lowest BCUT2D eigenvalue weighted by atomic mass is 10.0. The zero-order valence-corrected chi connectivity index (χ0v) is 17.8. The van der Waals surface area contributed by atoms with Crippen LogP contribution in [0.5, 0.6) is 5.75 Å². The van der Waals surface area contributed by atoms with Crippen molar-refractivity contribution in [3.05, 3.63) is 66.0 Å². The van der Waals surface area contributed by atoms with Crippen LogP contribution in [0.25, 0.3) is 28.2 Å². The third-order valence-electron chi connectivity index (χ3n) is 5.73. The van der Waals surface area contributed by atoms with Gasteiger partial charge in [0.05, 0.1) is 24.1 Å². The van der Waals surface area contributed by atoms with Crippen LogP contribution in [-0.4, -0.2) is 40.6 Å². The van der Waals surface area contributed by atoms with Gasteiger partial charge < -0.3 is 15.4 Å². The molecule has 2 aromatic carbocycles. The second kappa shape index (κ2) is 8.48. The van der Waals surface area contributed by atoms with Crippen molar-refractivity contribution in [2.45, 2.75) is 12.5 Å². The lowest BCUT2D eigenvalue weighted by Crippen LogP contribution is -2.23. The minimum Gasteiger partial charge on any atom is -0.494 e. The number of nitrogens with one attached hydrogen (secondary N) is 2. The van der Waals surface area contributed by atoms with E-state index in [1.807, 2.05) is 10.5 Å². The molecule has 2 aromatic heterocycles. The fraction of sp³-hybridized carbons (Fsp3) is 0.208. The van der Waals surface area contributed by atoms with Gasteiger partial charge in [-0.2, -0.15) is 5.26 Å². The third kappa shape index (κ3) is 3.75. The van der Waals surface area contributed by atoms with Gasteiger partial charge in [0.1, 0.15) is 11.9 Å². The third-order valence-corrected chi connectivity index (χ3v) is 5.73. The first kappa shape index (κ1) is 20.8. The molecule has 0 spiro atoms. The molecule has 7 nitrogen and oxygen atoms in total. The van der Waals surface area contributed by atoms with Crippen molar-refractivity contribution in [1.82, 2.24) is 19.7 Å². The van der Waals surface area contributed by atoms with E-state index in [9.17, 15) is 8.78 Å². The number of aromatic nitrogens is 3. The summed E-state index contributed by atoms with van der Waals surface area (Å²) in [5, 5.41) is 15.8. The van der Waals surface area contributed by atoms with Crippen LogP contribution in [0.2, 0.25) is 0 Å². The Kier molecular flexibility index (Phi) is 5.36. The fourth-order valence-corrected chi connectivity index (χ4v) is 4.09. The van der Waals surface area contributed by atoms with Gasteiger partial charge in [0.15, 0.2) is 23.0 Å². The summed E-state index contributed by atoms with van der Waals surface area (Å²) >= 11 is 0. The maximum atomic E-state index is 14.6. The molecule has 2 N–H and O–H groups in total. The molecule has 0 bridgehead atoms. The Morgan fingerprint density at radius 2 is 2.00 bits per heavy atom. The van der Waals surface area contributed by atoms with Crippen LogP contribution < -0.4 is 15.4 Å². The topological polar surface area (TPSA) is 87.3 Å². The number of imidazole rings is 1. The van der Waals surface area contributed by atoms with Gasteiger partial charge in [-0.15, -0.1) is 0 Å². The highest BCUT2D eigenvalue weighted by Gasteiger charge is 2.22. The van der Waals surface area contributed by atoms with Crippen LogP contribution in [-0.2, 0) is 0 Å². The summed E-state index contributed by atoms with van der Waals surface area (Å²) in [5.41, 5.74) is 2.51. The van der Waals surface area contributed by atoms with E-state index in [-0.39, 0.29) is 17.4 Å². The lowest BCUT2D eigenvalue weighted by molar-refractivity contribution is 0.386. The van der Waals surface area contributed by atoms with Crippen molar-refractivity contribution < 1.29 is 13.5 Å². The van der Waals surface area contributed by atoms with Crippen molar-refractivity contribution in [2.75, 3.05) is 25.5 Å². The first-order chi connectivity index (χ1) is 16.1. The molecule has 0 saturated carbocycles. The number of fused-ring (bicyclic) bond motifs is 1. The van der Waals surface area contributed by atoms with Gasteiger partial charge in [-0.05, 0) is 43.3 Å². The van der Waals surface area contributed by atoms with Crippen molar-refractivity contribution in [3.8, 4) is 34.3 Å². The van der Waals surface area contributed by atoms with Gasteiger partial charge in [-0.1, -0.05) is 6.07 Å². The smallest absolute Gasteiger partial charge is 0.181 e. The maximum absolute atomic E-state index is 14.6. The second-order valence-corrected chi connectivity index (χ2v) is 7.77. The number of anilines is 1. The minimum absolute atomic E-state index is 0.0580. The highest BCUT2D eigenvalue weighted by atomic mass is 19.1. The largest absolute Gasteiger partial charge is 0.494 e. The summed E-state index contributed by atoms with van der Waals surface area (Å²) < 4.78 is 35.9. The normalized spacial score (nSPS) is 15.5. The number of rotatable bonds is 5. The number of nitriles is 1. The number of methoxy groups -OCH3 is 1. The molecule has 1 aliphatic heterocycles. The quantitative estimate of drug-likeness (QED) is 0.482. The number of benzene rings is 2. The van der Waals surface area contributed by atoms with Gasteiger partial charge in [0.2, 0.25) is 0 Å². The van der Waals surface area contributed by atoms with Gasteiger partial charge in [-0.25, -0.2) is 18.7 Å². The SMILES string of the molecule is COc1ccc(-c2c(-c3ccc(C#N)c(F)c3)nc3c(NC4CCNC4)nccn23)cc1F. The summed E-state index contributed by atoms with van der Waals surface area (Å²) in [7, 11) is 1.40. The van der Waals surface area contributed by atoms with E-state index in [1.165, 1.54) is 31.4 Å². The highest BCUT2D eigenvalue weighted by molar-refractivity contribution is 5.85. The number of ether oxygens (including phenoxy) is 1. The number of hydrogen-bond donors (Lipinski definition) is 2. The number of nitrogens with zero attached hydrogens (tertiary/aromatic N) is 4. The molecule has 4 aromatic rings. The molecule has 1 aliphatic rings. The van der Waals surface area contributed by atoms with Gasteiger partial charge in [0, 0.05) is 36.1 Å². The monoisotopic (exact) mass is 446 g/mol. The molecule has 166 valence electrons. The Morgan fingerprint density at radius 3 is 2.70 bits per heavy atom. The van der Waals surface area contributed by atoms with E-state index in [2.05, 4.69) is 15.6 Å². The predicted octanol–water partition coefficient (Wildman–Crippen LogP) is 4.00.